The van der Waals surface area contributed by atoms with Gasteiger partial charge < -0.3 is 18.6 Å². The van der Waals surface area contributed by atoms with Crippen molar-refractivity contribution in [2.45, 2.75) is 46.2 Å². The van der Waals surface area contributed by atoms with Crippen molar-refractivity contribution in [3.8, 4) is 0 Å². The number of nitrogens with zero attached hydrogens (tertiary/aromatic N) is 2. The molecule has 2 heterocycles. The van der Waals surface area contributed by atoms with Gasteiger partial charge in [-0.15, -0.1) is 0 Å². The molecule has 6 nitrogen and oxygen atoms in total. The monoisotopic (exact) mass is 422 g/mol. The SMILES string of the molecule is CC[C@H](C)N(CC(=O)N(CCc1ccccc1)Cc1ccc(C)o1)C(=O)c1ccco1. The minimum atomic E-state index is -0.274. The van der Waals surface area contributed by atoms with Gasteiger partial charge in [0.05, 0.1) is 12.8 Å². The molecular formula is C25H30N2O4. The highest BCUT2D eigenvalue weighted by Gasteiger charge is 2.27. The molecule has 3 rings (SSSR count). The molecule has 164 valence electrons. The predicted octanol–water partition coefficient (Wildman–Crippen LogP) is 4.69. The van der Waals surface area contributed by atoms with E-state index in [-0.39, 0.29) is 30.2 Å². The van der Waals surface area contributed by atoms with Crippen LogP contribution in [0.4, 0.5) is 0 Å². The van der Waals surface area contributed by atoms with Crippen LogP contribution in [0.15, 0.2) is 69.7 Å². The number of amides is 2. The molecule has 0 bridgehead atoms. The highest BCUT2D eigenvalue weighted by molar-refractivity contribution is 5.94. The summed E-state index contributed by atoms with van der Waals surface area (Å²) in [5, 5.41) is 0. The Morgan fingerprint density at radius 2 is 1.81 bits per heavy atom. The first-order chi connectivity index (χ1) is 15.0. The van der Waals surface area contributed by atoms with Crippen LogP contribution in [0.1, 0.15) is 47.9 Å². The zero-order valence-corrected chi connectivity index (χ0v) is 18.4. The minimum Gasteiger partial charge on any atom is -0.464 e. The summed E-state index contributed by atoms with van der Waals surface area (Å²) < 4.78 is 11.0. The van der Waals surface area contributed by atoms with Gasteiger partial charge in [-0.25, -0.2) is 0 Å². The smallest absolute Gasteiger partial charge is 0.290 e. The Balaban J connectivity index is 1.76. The first kappa shape index (κ1) is 22.4. The number of aryl methyl sites for hydroxylation is 1. The second kappa shape index (κ2) is 10.7. The van der Waals surface area contributed by atoms with Gasteiger partial charge in [0, 0.05) is 12.6 Å². The van der Waals surface area contributed by atoms with Gasteiger partial charge in [-0.1, -0.05) is 37.3 Å². The van der Waals surface area contributed by atoms with Crippen LogP contribution in [-0.2, 0) is 17.8 Å². The zero-order chi connectivity index (χ0) is 22.2. The summed E-state index contributed by atoms with van der Waals surface area (Å²) in [6.07, 6.45) is 2.93. The van der Waals surface area contributed by atoms with E-state index in [0.717, 1.165) is 29.9 Å². The lowest BCUT2D eigenvalue weighted by Crippen LogP contribution is -2.46. The van der Waals surface area contributed by atoms with Gasteiger partial charge in [0.1, 0.15) is 18.1 Å². The Bertz CT molecular complexity index is 963. The first-order valence-electron chi connectivity index (χ1n) is 10.7. The van der Waals surface area contributed by atoms with E-state index in [9.17, 15) is 9.59 Å². The number of hydrogen-bond donors (Lipinski definition) is 0. The van der Waals surface area contributed by atoms with Gasteiger partial charge in [0.2, 0.25) is 5.91 Å². The van der Waals surface area contributed by atoms with Gasteiger partial charge in [-0.05, 0) is 56.5 Å². The Morgan fingerprint density at radius 1 is 1.03 bits per heavy atom. The van der Waals surface area contributed by atoms with E-state index in [1.807, 2.05) is 63.2 Å². The standard InChI is InChI=1S/C25H30N2O4/c1-4-19(2)27(25(29)23-11-8-16-30-23)18-24(28)26(17-22-13-12-20(3)31-22)15-14-21-9-6-5-7-10-21/h5-13,16,19H,4,14-15,17-18H2,1-3H3/t19-/m0/s1. The molecule has 2 amide bonds. The van der Waals surface area contributed by atoms with Crippen molar-refractivity contribution in [3.63, 3.8) is 0 Å². The zero-order valence-electron chi connectivity index (χ0n) is 18.4. The molecule has 0 aliphatic rings. The molecule has 0 N–H and O–H groups in total. The van der Waals surface area contributed by atoms with E-state index < -0.39 is 0 Å². The number of carbonyl (C=O) groups excluding carboxylic acids is 2. The van der Waals surface area contributed by atoms with Crippen molar-refractivity contribution in [1.29, 1.82) is 0 Å². The van der Waals surface area contributed by atoms with E-state index in [1.165, 1.54) is 6.26 Å². The van der Waals surface area contributed by atoms with E-state index in [1.54, 1.807) is 21.9 Å². The van der Waals surface area contributed by atoms with Crippen LogP contribution in [0, 0.1) is 6.92 Å². The second-order valence-electron chi connectivity index (χ2n) is 7.73. The Morgan fingerprint density at radius 3 is 2.42 bits per heavy atom. The van der Waals surface area contributed by atoms with Gasteiger partial charge in [0.15, 0.2) is 5.76 Å². The van der Waals surface area contributed by atoms with Crippen LogP contribution < -0.4 is 0 Å². The van der Waals surface area contributed by atoms with Gasteiger partial charge in [0.25, 0.3) is 5.91 Å². The summed E-state index contributed by atoms with van der Waals surface area (Å²) >= 11 is 0. The summed E-state index contributed by atoms with van der Waals surface area (Å²) in [5.41, 5.74) is 1.15. The van der Waals surface area contributed by atoms with Crippen LogP contribution in [-0.4, -0.2) is 40.7 Å². The number of benzene rings is 1. The lowest BCUT2D eigenvalue weighted by Gasteiger charge is -2.30. The maximum Gasteiger partial charge on any atom is 0.290 e. The van der Waals surface area contributed by atoms with Crippen molar-refractivity contribution in [1.82, 2.24) is 9.80 Å². The fourth-order valence-corrected chi connectivity index (χ4v) is 3.39. The molecule has 6 heteroatoms. The summed E-state index contributed by atoms with van der Waals surface area (Å²) in [6.45, 7) is 6.71. The molecule has 0 unspecified atom stereocenters. The molecule has 31 heavy (non-hydrogen) atoms. The van der Waals surface area contributed by atoms with Crippen LogP contribution in [0.25, 0.3) is 0 Å². The maximum absolute atomic E-state index is 13.3. The lowest BCUT2D eigenvalue weighted by atomic mass is 10.1. The van der Waals surface area contributed by atoms with E-state index >= 15 is 0 Å². The highest BCUT2D eigenvalue weighted by Crippen LogP contribution is 2.15. The van der Waals surface area contributed by atoms with E-state index in [4.69, 9.17) is 8.83 Å². The van der Waals surface area contributed by atoms with Crippen molar-refractivity contribution >= 4 is 11.8 Å². The molecular weight excluding hydrogens is 392 g/mol. The Labute approximate surface area is 183 Å². The fourth-order valence-electron chi connectivity index (χ4n) is 3.39. The van der Waals surface area contributed by atoms with Crippen molar-refractivity contribution in [3.05, 3.63) is 83.7 Å². The van der Waals surface area contributed by atoms with Gasteiger partial charge in [-0.3, -0.25) is 9.59 Å². The fraction of sp³-hybridized carbons (Fsp3) is 0.360. The second-order valence-corrected chi connectivity index (χ2v) is 7.73. The molecule has 1 aromatic carbocycles. The van der Waals surface area contributed by atoms with Crippen LogP contribution in [0.2, 0.25) is 0 Å². The maximum atomic E-state index is 13.3. The van der Waals surface area contributed by atoms with Gasteiger partial charge in [-0.2, -0.15) is 0 Å². The molecule has 0 saturated carbocycles. The molecule has 0 saturated heterocycles. The topological polar surface area (TPSA) is 66.9 Å². The molecule has 2 aromatic heterocycles. The molecule has 0 fully saturated rings. The number of rotatable bonds is 10. The molecule has 0 radical (unpaired) electrons. The average Bonchev–Trinajstić information content (AvgIpc) is 3.46. The summed E-state index contributed by atoms with van der Waals surface area (Å²) in [4.78, 5) is 29.6. The molecule has 3 aromatic rings. The molecule has 1 atom stereocenters. The van der Waals surface area contributed by atoms with Crippen LogP contribution in [0.5, 0.6) is 0 Å². The number of carbonyl (C=O) groups is 2. The van der Waals surface area contributed by atoms with Crippen molar-refractivity contribution < 1.29 is 18.4 Å². The van der Waals surface area contributed by atoms with Crippen molar-refractivity contribution in [2.75, 3.05) is 13.1 Å². The van der Waals surface area contributed by atoms with Gasteiger partial charge >= 0.3 is 0 Å². The third-order valence-electron chi connectivity index (χ3n) is 5.43. The minimum absolute atomic E-state index is 0.0109. The van der Waals surface area contributed by atoms with Crippen LogP contribution in [0.3, 0.4) is 0 Å². The molecule has 0 aliphatic carbocycles. The third-order valence-corrected chi connectivity index (χ3v) is 5.43. The van der Waals surface area contributed by atoms with Crippen molar-refractivity contribution in [2.24, 2.45) is 0 Å². The van der Waals surface area contributed by atoms with E-state index in [2.05, 4.69) is 0 Å². The first-order valence-corrected chi connectivity index (χ1v) is 10.7. The lowest BCUT2D eigenvalue weighted by molar-refractivity contribution is -0.133. The number of hydrogen-bond acceptors (Lipinski definition) is 4. The largest absolute Gasteiger partial charge is 0.464 e. The summed E-state index contributed by atoms with van der Waals surface area (Å²) in [7, 11) is 0. The Kier molecular flexibility index (Phi) is 7.70. The Hall–Kier alpha value is -3.28. The van der Waals surface area contributed by atoms with E-state index in [0.29, 0.717) is 13.1 Å². The normalized spacial score (nSPS) is 11.8. The average molecular weight is 423 g/mol. The predicted molar refractivity (Wildman–Crippen MR) is 119 cm³/mol. The summed E-state index contributed by atoms with van der Waals surface area (Å²) in [5.74, 6) is 1.38. The highest BCUT2D eigenvalue weighted by atomic mass is 16.3. The number of furan rings is 2. The molecule has 0 aliphatic heterocycles. The third kappa shape index (κ3) is 6.10. The summed E-state index contributed by atoms with van der Waals surface area (Å²) in [6, 6.07) is 17.0. The quantitative estimate of drug-likeness (QED) is 0.475. The van der Waals surface area contributed by atoms with Crippen LogP contribution >= 0.6 is 0 Å². The molecule has 0 spiro atoms.